The molecule has 3 rings (SSSR count). The van der Waals surface area contributed by atoms with Crippen LogP contribution in [0.15, 0.2) is 29.4 Å². The van der Waals surface area contributed by atoms with Crippen LogP contribution in [0.25, 0.3) is 22.1 Å². The summed E-state index contributed by atoms with van der Waals surface area (Å²) in [6.07, 6.45) is 0. The van der Waals surface area contributed by atoms with Gasteiger partial charge in [0.2, 0.25) is 17.0 Å². The van der Waals surface area contributed by atoms with Crippen LogP contribution in [0.1, 0.15) is 20.8 Å². The Morgan fingerprint density at radius 1 is 1.18 bits per heavy atom. The molecule has 28 heavy (non-hydrogen) atoms. The standard InChI is InChI=1S/C19H24N6O2S/c1-4-20-15(26)11-24(5-2)16(27)12-28-19-21-18-17(22-23-19)13-9-7-8-10-14(13)25(18)6-3/h7-10H,4-6,11-12H2,1-3H3,(H,20,26). The maximum absolute atomic E-state index is 12.5. The van der Waals surface area contributed by atoms with E-state index in [0.29, 0.717) is 18.2 Å². The van der Waals surface area contributed by atoms with E-state index in [9.17, 15) is 9.59 Å². The summed E-state index contributed by atoms with van der Waals surface area (Å²) >= 11 is 1.24. The van der Waals surface area contributed by atoms with Crippen LogP contribution < -0.4 is 5.32 Å². The molecule has 2 amide bonds. The average Bonchev–Trinajstić information content (AvgIpc) is 3.03. The van der Waals surface area contributed by atoms with E-state index < -0.39 is 0 Å². The lowest BCUT2D eigenvalue weighted by atomic mass is 10.2. The molecule has 8 nitrogen and oxygen atoms in total. The summed E-state index contributed by atoms with van der Waals surface area (Å²) in [7, 11) is 0. The molecule has 9 heteroatoms. The SMILES string of the molecule is CCNC(=O)CN(CC)C(=O)CSc1nnc2c3ccccc3n(CC)c2n1. The number of aromatic nitrogens is 4. The zero-order chi connectivity index (χ0) is 20.1. The van der Waals surface area contributed by atoms with Crippen molar-refractivity contribution in [2.45, 2.75) is 32.5 Å². The number of para-hydroxylation sites is 1. The highest BCUT2D eigenvalue weighted by Crippen LogP contribution is 2.27. The fourth-order valence-electron chi connectivity index (χ4n) is 3.09. The van der Waals surface area contributed by atoms with Gasteiger partial charge in [-0.3, -0.25) is 9.59 Å². The summed E-state index contributed by atoms with van der Waals surface area (Å²) in [6, 6.07) is 8.01. The maximum atomic E-state index is 12.5. The second-order valence-electron chi connectivity index (χ2n) is 6.18. The van der Waals surface area contributed by atoms with Gasteiger partial charge in [-0.15, -0.1) is 10.2 Å². The zero-order valence-corrected chi connectivity index (χ0v) is 17.1. The van der Waals surface area contributed by atoms with Gasteiger partial charge in [0.15, 0.2) is 5.65 Å². The molecule has 0 unspecified atom stereocenters. The second kappa shape index (κ2) is 9.01. The number of hydrogen-bond acceptors (Lipinski definition) is 6. The monoisotopic (exact) mass is 400 g/mol. The topological polar surface area (TPSA) is 93.0 Å². The van der Waals surface area contributed by atoms with E-state index in [0.717, 1.165) is 28.6 Å². The van der Waals surface area contributed by atoms with Gasteiger partial charge >= 0.3 is 0 Å². The van der Waals surface area contributed by atoms with Gasteiger partial charge in [0.05, 0.1) is 17.8 Å². The van der Waals surface area contributed by atoms with Gasteiger partial charge in [-0.2, -0.15) is 0 Å². The van der Waals surface area contributed by atoms with Crippen LogP contribution in [-0.4, -0.2) is 61.8 Å². The molecule has 0 bridgehead atoms. The van der Waals surface area contributed by atoms with Gasteiger partial charge < -0.3 is 14.8 Å². The highest BCUT2D eigenvalue weighted by molar-refractivity contribution is 7.99. The minimum Gasteiger partial charge on any atom is -0.355 e. The molecule has 0 aliphatic carbocycles. The Balaban J connectivity index is 1.76. The van der Waals surface area contributed by atoms with Crippen LogP contribution in [0.3, 0.4) is 0 Å². The summed E-state index contributed by atoms with van der Waals surface area (Å²) in [4.78, 5) is 30.4. The van der Waals surface area contributed by atoms with Crippen molar-refractivity contribution < 1.29 is 9.59 Å². The third-order valence-electron chi connectivity index (χ3n) is 4.44. The molecule has 148 valence electrons. The Labute approximate surface area is 167 Å². The van der Waals surface area contributed by atoms with Gasteiger partial charge in [0, 0.05) is 25.0 Å². The molecule has 0 aliphatic rings. The fraction of sp³-hybridized carbons (Fsp3) is 0.421. The number of thioether (sulfide) groups is 1. The lowest BCUT2D eigenvalue weighted by Crippen LogP contribution is -2.41. The number of nitrogens with zero attached hydrogens (tertiary/aromatic N) is 5. The molecule has 0 saturated carbocycles. The van der Waals surface area contributed by atoms with Crippen molar-refractivity contribution in [3.63, 3.8) is 0 Å². The number of amides is 2. The van der Waals surface area contributed by atoms with E-state index in [1.54, 1.807) is 0 Å². The lowest BCUT2D eigenvalue weighted by Gasteiger charge is -2.19. The number of benzene rings is 1. The Morgan fingerprint density at radius 3 is 2.68 bits per heavy atom. The van der Waals surface area contributed by atoms with E-state index in [-0.39, 0.29) is 24.1 Å². The first kappa shape index (κ1) is 20.1. The second-order valence-corrected chi connectivity index (χ2v) is 7.12. The zero-order valence-electron chi connectivity index (χ0n) is 16.3. The Bertz CT molecular complexity index is 1000. The normalized spacial score (nSPS) is 11.1. The van der Waals surface area contributed by atoms with Gasteiger partial charge in [0.25, 0.3) is 0 Å². The van der Waals surface area contributed by atoms with Gasteiger partial charge in [-0.1, -0.05) is 30.0 Å². The van der Waals surface area contributed by atoms with E-state index >= 15 is 0 Å². The maximum Gasteiger partial charge on any atom is 0.239 e. The van der Waals surface area contributed by atoms with E-state index in [1.165, 1.54) is 16.7 Å². The molecule has 0 aliphatic heterocycles. The summed E-state index contributed by atoms with van der Waals surface area (Å²) < 4.78 is 2.10. The van der Waals surface area contributed by atoms with E-state index in [4.69, 9.17) is 0 Å². The summed E-state index contributed by atoms with van der Waals surface area (Å²) in [5.41, 5.74) is 2.60. The van der Waals surface area contributed by atoms with Gasteiger partial charge in [-0.05, 0) is 26.8 Å². The smallest absolute Gasteiger partial charge is 0.239 e. The number of carbonyl (C=O) groups is 2. The third kappa shape index (κ3) is 4.09. The molecule has 3 aromatic rings. The number of fused-ring (bicyclic) bond motifs is 3. The number of nitrogens with one attached hydrogen (secondary N) is 1. The molecule has 1 aromatic carbocycles. The fourth-order valence-corrected chi connectivity index (χ4v) is 3.78. The summed E-state index contributed by atoms with van der Waals surface area (Å²) in [5.74, 6) is -0.125. The molecule has 2 heterocycles. The largest absolute Gasteiger partial charge is 0.355 e. The predicted molar refractivity (Wildman–Crippen MR) is 110 cm³/mol. The lowest BCUT2D eigenvalue weighted by molar-refractivity contribution is -0.133. The molecule has 0 atom stereocenters. The first-order valence-electron chi connectivity index (χ1n) is 9.37. The quantitative estimate of drug-likeness (QED) is 0.582. The first-order valence-corrected chi connectivity index (χ1v) is 10.4. The molecule has 0 radical (unpaired) electrons. The molecule has 0 spiro atoms. The Kier molecular flexibility index (Phi) is 6.45. The highest BCUT2D eigenvalue weighted by Gasteiger charge is 2.18. The van der Waals surface area contributed by atoms with Crippen molar-refractivity contribution in [2.75, 3.05) is 25.4 Å². The molecular weight excluding hydrogens is 376 g/mol. The minimum absolute atomic E-state index is 0.0615. The van der Waals surface area contributed by atoms with Crippen LogP contribution in [0.4, 0.5) is 0 Å². The molecular formula is C19H24N6O2S. The van der Waals surface area contributed by atoms with Gasteiger partial charge in [0.1, 0.15) is 5.52 Å². The van der Waals surface area contributed by atoms with Crippen molar-refractivity contribution in [2.24, 2.45) is 0 Å². The number of aryl methyl sites for hydroxylation is 1. The van der Waals surface area contributed by atoms with Crippen molar-refractivity contribution in [1.82, 2.24) is 30.0 Å². The highest BCUT2D eigenvalue weighted by atomic mass is 32.2. The van der Waals surface area contributed by atoms with Crippen molar-refractivity contribution >= 4 is 45.6 Å². The molecule has 0 saturated heterocycles. The van der Waals surface area contributed by atoms with Crippen LogP contribution in [0, 0.1) is 0 Å². The van der Waals surface area contributed by atoms with Crippen molar-refractivity contribution in [3.05, 3.63) is 24.3 Å². The first-order chi connectivity index (χ1) is 13.6. The minimum atomic E-state index is -0.158. The van der Waals surface area contributed by atoms with Crippen molar-refractivity contribution in [3.8, 4) is 0 Å². The summed E-state index contributed by atoms with van der Waals surface area (Å²) in [5, 5.41) is 12.7. The molecule has 1 N–H and O–H groups in total. The average molecular weight is 401 g/mol. The predicted octanol–water partition coefficient (Wildman–Crippen LogP) is 2.08. The van der Waals surface area contributed by atoms with Crippen LogP contribution in [0.2, 0.25) is 0 Å². The molecule has 0 fully saturated rings. The molecule has 2 aromatic heterocycles. The third-order valence-corrected chi connectivity index (χ3v) is 5.26. The van der Waals surface area contributed by atoms with E-state index in [2.05, 4.69) is 32.0 Å². The number of hydrogen-bond donors (Lipinski definition) is 1. The van der Waals surface area contributed by atoms with E-state index in [1.807, 2.05) is 38.1 Å². The number of likely N-dealkylation sites (N-methyl/N-ethyl adjacent to an activating group) is 2. The Morgan fingerprint density at radius 2 is 1.96 bits per heavy atom. The van der Waals surface area contributed by atoms with Crippen LogP contribution in [-0.2, 0) is 16.1 Å². The van der Waals surface area contributed by atoms with Crippen LogP contribution in [0.5, 0.6) is 0 Å². The Hall–Kier alpha value is -2.68. The van der Waals surface area contributed by atoms with Crippen LogP contribution >= 0.6 is 11.8 Å². The van der Waals surface area contributed by atoms with Gasteiger partial charge in [-0.25, -0.2) is 4.98 Å². The number of rotatable bonds is 8. The summed E-state index contributed by atoms with van der Waals surface area (Å²) in [6.45, 7) is 7.61. The number of carbonyl (C=O) groups excluding carboxylic acids is 2. The van der Waals surface area contributed by atoms with Crippen molar-refractivity contribution in [1.29, 1.82) is 0 Å².